The number of nitrogens with zero attached hydrogens (tertiary/aromatic N) is 1. The van der Waals surface area contributed by atoms with Crippen LogP contribution in [0.25, 0.3) is 0 Å². The van der Waals surface area contributed by atoms with Gasteiger partial charge in [-0.25, -0.2) is 12.8 Å². The molecule has 0 atom stereocenters. The van der Waals surface area contributed by atoms with Crippen LogP contribution in [0.2, 0.25) is 0 Å². The van der Waals surface area contributed by atoms with Crippen molar-refractivity contribution in [1.82, 2.24) is 4.37 Å². The van der Waals surface area contributed by atoms with E-state index in [0.717, 1.165) is 17.1 Å². The molecule has 3 rings (SSSR count). The lowest BCUT2D eigenvalue weighted by molar-refractivity contribution is 0.595. The number of aromatic nitrogens is 1. The van der Waals surface area contributed by atoms with E-state index < -0.39 is 9.84 Å². The Morgan fingerprint density at radius 1 is 1.43 bits per heavy atom. The molecule has 1 aromatic heterocycles. The van der Waals surface area contributed by atoms with Crippen LogP contribution in [0.3, 0.4) is 0 Å². The highest BCUT2D eigenvalue weighted by molar-refractivity contribution is 7.92. The highest BCUT2D eigenvalue weighted by atomic mass is 32.2. The van der Waals surface area contributed by atoms with E-state index in [-0.39, 0.29) is 21.8 Å². The summed E-state index contributed by atoms with van der Waals surface area (Å²) in [5, 5.41) is 3.07. The van der Waals surface area contributed by atoms with Crippen molar-refractivity contribution in [3.8, 4) is 0 Å². The van der Waals surface area contributed by atoms with Crippen LogP contribution in [0.5, 0.6) is 0 Å². The Balaban J connectivity index is 1.84. The summed E-state index contributed by atoms with van der Waals surface area (Å²) < 4.78 is 41.8. The van der Waals surface area contributed by atoms with Crippen molar-refractivity contribution in [2.75, 3.05) is 11.1 Å². The van der Waals surface area contributed by atoms with Crippen molar-refractivity contribution in [2.24, 2.45) is 0 Å². The number of nitrogen functional groups attached to an aromatic ring is 1. The number of nitrogens with one attached hydrogen (secondary N) is 1. The van der Waals surface area contributed by atoms with Gasteiger partial charge in [-0.15, -0.1) is 0 Å². The van der Waals surface area contributed by atoms with E-state index in [1.165, 1.54) is 12.1 Å². The summed E-state index contributed by atoms with van der Waals surface area (Å²) in [7, 11) is -3.41. The first-order valence-corrected chi connectivity index (χ1v) is 8.78. The molecule has 5 nitrogen and oxygen atoms in total. The largest absolute Gasteiger partial charge is 0.382 e. The molecule has 8 heteroatoms. The lowest BCUT2D eigenvalue weighted by atomic mass is 10.2. The van der Waals surface area contributed by atoms with Crippen LogP contribution in [-0.4, -0.2) is 18.0 Å². The van der Waals surface area contributed by atoms with Crippen molar-refractivity contribution in [1.29, 1.82) is 0 Å². The van der Waals surface area contributed by atoms with Gasteiger partial charge >= 0.3 is 0 Å². The number of benzene rings is 1. The van der Waals surface area contributed by atoms with Crippen LogP contribution in [-0.2, 0) is 16.4 Å². The fourth-order valence-corrected chi connectivity index (χ4v) is 4.94. The number of anilines is 2. The minimum Gasteiger partial charge on any atom is -0.382 e. The molecule has 1 saturated carbocycles. The van der Waals surface area contributed by atoms with Gasteiger partial charge in [0.15, 0.2) is 15.7 Å². The van der Waals surface area contributed by atoms with Gasteiger partial charge < -0.3 is 11.1 Å². The summed E-state index contributed by atoms with van der Waals surface area (Å²) in [6.45, 7) is 0.312. The molecular weight excluding hydrogens is 313 g/mol. The molecule has 0 radical (unpaired) electrons. The zero-order chi connectivity index (χ0) is 15.0. The first-order chi connectivity index (χ1) is 9.98. The molecule has 0 spiro atoms. The number of sulfone groups is 1. The Kier molecular flexibility index (Phi) is 3.58. The quantitative estimate of drug-likeness (QED) is 0.881. The highest BCUT2D eigenvalue weighted by Gasteiger charge is 2.40. The normalized spacial score (nSPS) is 15.1. The van der Waals surface area contributed by atoms with E-state index >= 15 is 0 Å². The van der Waals surface area contributed by atoms with E-state index in [0.29, 0.717) is 24.4 Å². The standard InChI is InChI=1S/C13H14FN3O2S2/c14-9-3-1-2-8(6-9)7-16-13-11(12(15)17-20-13)21(18,19)10-4-5-10/h1-3,6,10,16H,4-5,7H2,(H2,15,17). The van der Waals surface area contributed by atoms with Gasteiger partial charge in [-0.2, -0.15) is 4.37 Å². The number of hydrogen-bond acceptors (Lipinski definition) is 6. The number of rotatable bonds is 5. The Bertz CT molecular complexity index is 769. The fraction of sp³-hybridized carbons (Fsp3) is 0.308. The maximum atomic E-state index is 13.1. The summed E-state index contributed by atoms with van der Waals surface area (Å²) in [4.78, 5) is 0.0893. The Hall–Kier alpha value is -1.67. The maximum Gasteiger partial charge on any atom is 0.187 e. The molecule has 0 unspecified atom stereocenters. The van der Waals surface area contributed by atoms with E-state index in [2.05, 4.69) is 9.69 Å². The van der Waals surface area contributed by atoms with Crippen molar-refractivity contribution in [3.63, 3.8) is 0 Å². The third kappa shape index (κ3) is 2.86. The van der Waals surface area contributed by atoms with Gasteiger partial charge in [0.2, 0.25) is 0 Å². The average Bonchev–Trinajstić information content (AvgIpc) is 3.21. The molecular formula is C13H14FN3O2S2. The first kappa shape index (κ1) is 14.3. The molecule has 0 bridgehead atoms. The Labute approximate surface area is 126 Å². The molecule has 0 aliphatic heterocycles. The van der Waals surface area contributed by atoms with Gasteiger partial charge in [-0.05, 0) is 42.1 Å². The minimum absolute atomic E-state index is 0.0358. The Morgan fingerprint density at radius 2 is 2.19 bits per heavy atom. The molecule has 1 fully saturated rings. The van der Waals surface area contributed by atoms with E-state index in [1.807, 2.05) is 0 Å². The average molecular weight is 327 g/mol. The van der Waals surface area contributed by atoms with Crippen LogP contribution in [0.1, 0.15) is 18.4 Å². The van der Waals surface area contributed by atoms with Crippen LogP contribution in [0.4, 0.5) is 15.2 Å². The summed E-state index contributed by atoms with van der Waals surface area (Å²) in [5.41, 5.74) is 6.43. The molecule has 3 N–H and O–H groups in total. The van der Waals surface area contributed by atoms with Crippen LogP contribution >= 0.6 is 11.5 Å². The number of nitrogens with two attached hydrogens (primary N) is 1. The van der Waals surface area contributed by atoms with Gasteiger partial charge in [-0.1, -0.05) is 12.1 Å². The smallest absolute Gasteiger partial charge is 0.187 e. The monoisotopic (exact) mass is 327 g/mol. The van der Waals surface area contributed by atoms with Gasteiger partial charge in [0.05, 0.1) is 5.25 Å². The van der Waals surface area contributed by atoms with E-state index in [4.69, 9.17) is 5.73 Å². The molecule has 0 amide bonds. The van der Waals surface area contributed by atoms with Gasteiger partial charge in [-0.3, -0.25) is 0 Å². The summed E-state index contributed by atoms with van der Waals surface area (Å²) in [6, 6.07) is 6.12. The molecule has 2 aromatic rings. The predicted molar refractivity (Wildman–Crippen MR) is 80.5 cm³/mol. The molecule has 112 valence electrons. The van der Waals surface area contributed by atoms with E-state index in [9.17, 15) is 12.8 Å². The zero-order valence-electron chi connectivity index (χ0n) is 11.0. The van der Waals surface area contributed by atoms with Crippen molar-refractivity contribution < 1.29 is 12.8 Å². The minimum atomic E-state index is -3.41. The fourth-order valence-electron chi connectivity index (χ4n) is 2.06. The second-order valence-corrected chi connectivity index (χ2v) is 7.89. The first-order valence-electron chi connectivity index (χ1n) is 6.46. The maximum absolute atomic E-state index is 13.1. The van der Waals surface area contributed by atoms with Crippen LogP contribution in [0.15, 0.2) is 29.2 Å². The van der Waals surface area contributed by atoms with E-state index in [1.54, 1.807) is 12.1 Å². The lowest BCUT2D eigenvalue weighted by Gasteiger charge is -2.08. The van der Waals surface area contributed by atoms with Gasteiger partial charge in [0, 0.05) is 6.54 Å². The molecule has 1 heterocycles. The lowest BCUT2D eigenvalue weighted by Crippen LogP contribution is -2.11. The zero-order valence-corrected chi connectivity index (χ0v) is 12.7. The number of halogens is 1. The molecule has 1 aliphatic carbocycles. The molecule has 21 heavy (non-hydrogen) atoms. The van der Waals surface area contributed by atoms with Gasteiger partial charge in [0.25, 0.3) is 0 Å². The van der Waals surface area contributed by atoms with Crippen molar-refractivity contribution >= 4 is 32.2 Å². The molecule has 1 aromatic carbocycles. The predicted octanol–water partition coefficient (Wildman–Crippen LogP) is 2.41. The number of hydrogen-bond donors (Lipinski definition) is 2. The second-order valence-electron chi connectivity index (χ2n) is 4.95. The van der Waals surface area contributed by atoms with Crippen molar-refractivity contribution in [3.05, 3.63) is 35.6 Å². The Morgan fingerprint density at radius 3 is 2.86 bits per heavy atom. The van der Waals surface area contributed by atoms with Gasteiger partial charge in [0.1, 0.15) is 15.7 Å². The second kappa shape index (κ2) is 5.27. The topological polar surface area (TPSA) is 85.1 Å². The molecule has 1 aliphatic rings. The summed E-state index contributed by atoms with van der Waals surface area (Å²) >= 11 is 1.01. The SMILES string of the molecule is Nc1nsc(NCc2cccc(F)c2)c1S(=O)(=O)C1CC1. The third-order valence-electron chi connectivity index (χ3n) is 3.26. The van der Waals surface area contributed by atoms with Crippen LogP contribution in [0, 0.1) is 5.82 Å². The highest BCUT2D eigenvalue weighted by Crippen LogP contribution is 2.41. The molecule has 0 saturated heterocycles. The van der Waals surface area contributed by atoms with Crippen LogP contribution < -0.4 is 11.1 Å². The van der Waals surface area contributed by atoms with Crippen molar-refractivity contribution in [2.45, 2.75) is 29.5 Å². The third-order valence-corrected chi connectivity index (χ3v) is 6.54. The summed E-state index contributed by atoms with van der Waals surface area (Å²) in [5.74, 6) is -0.294. The summed E-state index contributed by atoms with van der Waals surface area (Å²) in [6.07, 6.45) is 1.34.